The van der Waals surface area contributed by atoms with Gasteiger partial charge < -0.3 is 15.6 Å². The number of aromatic amines is 1. The van der Waals surface area contributed by atoms with Gasteiger partial charge in [0, 0.05) is 19.6 Å². The number of amides is 1. The van der Waals surface area contributed by atoms with Crippen molar-refractivity contribution in [1.29, 1.82) is 0 Å². The van der Waals surface area contributed by atoms with E-state index in [1.807, 2.05) is 24.3 Å². The lowest BCUT2D eigenvalue weighted by Crippen LogP contribution is -2.41. The highest BCUT2D eigenvalue weighted by atomic mass is 35.5. The summed E-state index contributed by atoms with van der Waals surface area (Å²) in [5.74, 6) is 0.133. The number of rotatable bonds is 4. The normalized spacial score (nSPS) is 17.9. The molecule has 0 aliphatic carbocycles. The van der Waals surface area contributed by atoms with Gasteiger partial charge in [-0.1, -0.05) is 12.1 Å². The summed E-state index contributed by atoms with van der Waals surface area (Å²) in [5.41, 5.74) is 1.56. The smallest absolute Gasteiger partial charge is 0.326 e. The molecule has 3 N–H and O–H groups in total. The quantitative estimate of drug-likeness (QED) is 0.780. The Morgan fingerprint density at radius 1 is 1.36 bits per heavy atom. The van der Waals surface area contributed by atoms with Crippen LogP contribution in [0.5, 0.6) is 0 Å². The van der Waals surface area contributed by atoms with Gasteiger partial charge in [0.05, 0.1) is 17.0 Å². The summed E-state index contributed by atoms with van der Waals surface area (Å²) in [6.45, 7) is 2.69. The number of imidazole rings is 1. The van der Waals surface area contributed by atoms with E-state index in [1.165, 1.54) is 0 Å². The summed E-state index contributed by atoms with van der Waals surface area (Å²) in [5, 5.41) is 6.16. The van der Waals surface area contributed by atoms with Gasteiger partial charge in [0.2, 0.25) is 5.91 Å². The largest absolute Gasteiger partial charge is 0.354 e. The molecule has 1 aliphatic heterocycles. The number of hydrogen-bond donors (Lipinski definition) is 3. The Bertz CT molecular complexity index is 688. The highest BCUT2D eigenvalue weighted by Crippen LogP contribution is 2.10. The van der Waals surface area contributed by atoms with Crippen molar-refractivity contribution in [3.8, 4) is 0 Å². The lowest BCUT2D eigenvalue weighted by Gasteiger charge is -2.21. The number of H-pyrrole nitrogens is 1. The molecule has 0 spiro atoms. The second-order valence-electron chi connectivity index (χ2n) is 5.43. The number of para-hydroxylation sites is 2. The van der Waals surface area contributed by atoms with Gasteiger partial charge in [-0.25, -0.2) is 4.79 Å². The maximum Gasteiger partial charge on any atom is 0.326 e. The molecule has 1 fully saturated rings. The summed E-state index contributed by atoms with van der Waals surface area (Å²) in [4.78, 5) is 26.7. The minimum absolute atomic E-state index is 0. The molecular weight excluding hydrogens is 304 g/mol. The standard InChI is InChI=1S/C15H20N4O2.ClH/c20-14(11-4-3-7-16-10-11)17-8-9-19-13-6-2-1-5-12(13)18-15(19)21;/h1-2,5-6,11,16H,3-4,7-10H2,(H,17,20)(H,18,21);1H. The monoisotopic (exact) mass is 324 g/mol. The van der Waals surface area contributed by atoms with Crippen molar-refractivity contribution >= 4 is 29.3 Å². The zero-order chi connectivity index (χ0) is 14.7. The Morgan fingerprint density at radius 2 is 2.18 bits per heavy atom. The topological polar surface area (TPSA) is 78.9 Å². The summed E-state index contributed by atoms with van der Waals surface area (Å²) in [6, 6.07) is 7.57. The fourth-order valence-electron chi connectivity index (χ4n) is 2.84. The first-order valence-electron chi connectivity index (χ1n) is 7.41. The van der Waals surface area contributed by atoms with Crippen LogP contribution in [-0.4, -0.2) is 35.1 Å². The molecule has 0 bridgehead atoms. The Kier molecular flexibility index (Phi) is 5.63. The first-order chi connectivity index (χ1) is 10.3. The van der Waals surface area contributed by atoms with E-state index in [0.717, 1.165) is 37.0 Å². The molecule has 7 heteroatoms. The molecular formula is C15H21ClN4O2. The molecule has 0 saturated carbocycles. The third-order valence-electron chi connectivity index (χ3n) is 3.98. The van der Waals surface area contributed by atoms with E-state index >= 15 is 0 Å². The van der Waals surface area contributed by atoms with Crippen LogP contribution in [0.4, 0.5) is 0 Å². The van der Waals surface area contributed by atoms with Crippen molar-refractivity contribution in [1.82, 2.24) is 20.2 Å². The molecule has 0 radical (unpaired) electrons. The van der Waals surface area contributed by atoms with Gasteiger partial charge in [-0.3, -0.25) is 9.36 Å². The molecule has 1 unspecified atom stereocenters. The number of halogens is 1. The molecule has 1 atom stereocenters. The number of aromatic nitrogens is 2. The number of nitrogens with one attached hydrogen (secondary N) is 3. The van der Waals surface area contributed by atoms with Gasteiger partial charge in [0.1, 0.15) is 0 Å². The Morgan fingerprint density at radius 3 is 2.95 bits per heavy atom. The van der Waals surface area contributed by atoms with Crippen molar-refractivity contribution < 1.29 is 4.79 Å². The maximum atomic E-state index is 12.0. The summed E-state index contributed by atoms with van der Waals surface area (Å²) in [6.07, 6.45) is 1.98. The van der Waals surface area contributed by atoms with E-state index in [-0.39, 0.29) is 29.9 Å². The van der Waals surface area contributed by atoms with Crippen LogP contribution in [0.3, 0.4) is 0 Å². The van der Waals surface area contributed by atoms with Crippen molar-refractivity contribution in [2.45, 2.75) is 19.4 Å². The Labute approximate surface area is 134 Å². The van der Waals surface area contributed by atoms with E-state index in [2.05, 4.69) is 15.6 Å². The summed E-state index contributed by atoms with van der Waals surface area (Å²) < 4.78 is 1.66. The van der Waals surface area contributed by atoms with E-state index in [0.29, 0.717) is 13.1 Å². The highest BCUT2D eigenvalue weighted by molar-refractivity contribution is 5.85. The number of carbonyl (C=O) groups excluding carboxylic acids is 1. The van der Waals surface area contributed by atoms with E-state index in [9.17, 15) is 9.59 Å². The van der Waals surface area contributed by atoms with Gasteiger partial charge in [0.15, 0.2) is 0 Å². The van der Waals surface area contributed by atoms with Crippen LogP contribution in [0.25, 0.3) is 11.0 Å². The van der Waals surface area contributed by atoms with Crippen LogP contribution >= 0.6 is 12.4 Å². The molecule has 22 heavy (non-hydrogen) atoms. The maximum absolute atomic E-state index is 12.0. The zero-order valence-corrected chi connectivity index (χ0v) is 13.1. The predicted octanol–water partition coefficient (Wildman–Crippen LogP) is 0.867. The van der Waals surface area contributed by atoms with Crippen LogP contribution in [0.2, 0.25) is 0 Å². The van der Waals surface area contributed by atoms with Gasteiger partial charge in [-0.05, 0) is 31.5 Å². The van der Waals surface area contributed by atoms with Crippen molar-refractivity contribution in [3.05, 3.63) is 34.7 Å². The molecule has 1 aromatic carbocycles. The van der Waals surface area contributed by atoms with Crippen molar-refractivity contribution in [3.63, 3.8) is 0 Å². The second-order valence-corrected chi connectivity index (χ2v) is 5.43. The number of hydrogen-bond acceptors (Lipinski definition) is 3. The second kappa shape index (κ2) is 7.47. The fraction of sp³-hybridized carbons (Fsp3) is 0.467. The van der Waals surface area contributed by atoms with Crippen LogP contribution in [0, 0.1) is 5.92 Å². The lowest BCUT2D eigenvalue weighted by molar-refractivity contribution is -0.125. The minimum Gasteiger partial charge on any atom is -0.354 e. The van der Waals surface area contributed by atoms with E-state index < -0.39 is 0 Å². The fourth-order valence-corrected chi connectivity index (χ4v) is 2.84. The third kappa shape index (κ3) is 3.51. The molecule has 2 heterocycles. The number of carbonyl (C=O) groups is 1. The molecule has 1 amide bonds. The average Bonchev–Trinajstić information content (AvgIpc) is 2.84. The summed E-state index contributed by atoms with van der Waals surface area (Å²) >= 11 is 0. The molecule has 1 aliphatic rings. The number of nitrogens with zero attached hydrogens (tertiary/aromatic N) is 1. The molecule has 120 valence electrons. The summed E-state index contributed by atoms with van der Waals surface area (Å²) in [7, 11) is 0. The van der Waals surface area contributed by atoms with Crippen molar-refractivity contribution in [2.24, 2.45) is 5.92 Å². The average molecular weight is 325 g/mol. The van der Waals surface area contributed by atoms with Crippen LogP contribution < -0.4 is 16.3 Å². The number of piperidine rings is 1. The molecule has 1 aromatic heterocycles. The van der Waals surface area contributed by atoms with Gasteiger partial charge >= 0.3 is 5.69 Å². The van der Waals surface area contributed by atoms with Gasteiger partial charge in [0.25, 0.3) is 0 Å². The Hall–Kier alpha value is -1.79. The van der Waals surface area contributed by atoms with Crippen molar-refractivity contribution in [2.75, 3.05) is 19.6 Å². The SMILES string of the molecule is Cl.O=C(NCCn1c(=O)[nH]c2ccccc21)C1CCCNC1. The zero-order valence-electron chi connectivity index (χ0n) is 12.3. The Balaban J connectivity index is 0.00000176. The molecule has 1 saturated heterocycles. The molecule has 2 aromatic rings. The molecule has 6 nitrogen and oxygen atoms in total. The highest BCUT2D eigenvalue weighted by Gasteiger charge is 2.20. The first-order valence-corrected chi connectivity index (χ1v) is 7.41. The lowest BCUT2D eigenvalue weighted by atomic mass is 9.99. The van der Waals surface area contributed by atoms with Crippen LogP contribution in [0.15, 0.2) is 29.1 Å². The number of fused-ring (bicyclic) bond motifs is 1. The van der Waals surface area contributed by atoms with Crippen LogP contribution in [-0.2, 0) is 11.3 Å². The predicted molar refractivity (Wildman–Crippen MR) is 88.4 cm³/mol. The van der Waals surface area contributed by atoms with Crippen LogP contribution in [0.1, 0.15) is 12.8 Å². The van der Waals surface area contributed by atoms with Gasteiger partial charge in [-0.15, -0.1) is 12.4 Å². The van der Waals surface area contributed by atoms with E-state index in [1.54, 1.807) is 4.57 Å². The van der Waals surface area contributed by atoms with E-state index in [4.69, 9.17) is 0 Å². The number of benzene rings is 1. The minimum atomic E-state index is -0.134. The molecule has 3 rings (SSSR count). The first kappa shape index (κ1) is 16.6. The van der Waals surface area contributed by atoms with Gasteiger partial charge in [-0.2, -0.15) is 0 Å². The third-order valence-corrected chi connectivity index (χ3v) is 3.98.